The molecule has 0 spiro atoms. The summed E-state index contributed by atoms with van der Waals surface area (Å²) in [6.45, 7) is 0. The van der Waals surface area contributed by atoms with Gasteiger partial charge in [0.25, 0.3) is 5.91 Å². The van der Waals surface area contributed by atoms with Crippen LogP contribution in [-0.4, -0.2) is 32.7 Å². The smallest absolute Gasteiger partial charge is 0.291 e. The first-order valence-corrected chi connectivity index (χ1v) is 9.12. The minimum Gasteiger partial charge on any atom is -0.451 e. The van der Waals surface area contributed by atoms with Crippen LogP contribution in [0.4, 0.5) is 5.69 Å². The lowest BCUT2D eigenvalue weighted by Gasteiger charge is -2.12. The second kappa shape index (κ2) is 6.51. The summed E-state index contributed by atoms with van der Waals surface area (Å²) >= 11 is 5.92. The lowest BCUT2D eigenvalue weighted by Crippen LogP contribution is -2.22. The van der Waals surface area contributed by atoms with Crippen LogP contribution >= 0.6 is 11.6 Å². The second-order valence-corrected chi connectivity index (χ2v) is 8.15. The molecular weight excluding hydrogens is 364 g/mol. The zero-order chi connectivity index (χ0) is 18.2. The Morgan fingerprint density at radius 2 is 1.88 bits per heavy atom. The molecule has 3 aromatic rings. The number of benzene rings is 2. The Kier molecular flexibility index (Phi) is 4.55. The molecule has 1 N–H and O–H groups in total. The van der Waals surface area contributed by atoms with Crippen LogP contribution < -0.4 is 5.32 Å². The number of furan rings is 1. The zero-order valence-electron chi connectivity index (χ0n) is 13.5. The fourth-order valence-corrected chi connectivity index (χ4v) is 3.39. The van der Waals surface area contributed by atoms with Gasteiger partial charge in [-0.25, -0.2) is 12.7 Å². The maximum absolute atomic E-state index is 12.4. The molecule has 0 atom stereocenters. The van der Waals surface area contributed by atoms with E-state index in [0.717, 1.165) is 4.31 Å². The molecule has 1 heterocycles. The fourth-order valence-electron chi connectivity index (χ4n) is 2.26. The van der Waals surface area contributed by atoms with Crippen molar-refractivity contribution in [3.63, 3.8) is 0 Å². The van der Waals surface area contributed by atoms with E-state index in [4.69, 9.17) is 16.0 Å². The highest BCUT2D eigenvalue weighted by molar-refractivity contribution is 7.89. The molecule has 0 bridgehead atoms. The van der Waals surface area contributed by atoms with E-state index in [2.05, 4.69) is 5.32 Å². The van der Waals surface area contributed by atoms with Crippen molar-refractivity contribution in [1.82, 2.24) is 4.31 Å². The summed E-state index contributed by atoms with van der Waals surface area (Å²) in [4.78, 5) is 12.5. The van der Waals surface area contributed by atoms with Gasteiger partial charge in [-0.2, -0.15) is 0 Å². The largest absolute Gasteiger partial charge is 0.451 e. The third-order valence-corrected chi connectivity index (χ3v) is 5.62. The van der Waals surface area contributed by atoms with Crippen LogP contribution in [0.25, 0.3) is 11.0 Å². The summed E-state index contributed by atoms with van der Waals surface area (Å²) in [5, 5.41) is 3.89. The molecule has 2 aromatic carbocycles. The quantitative estimate of drug-likeness (QED) is 0.752. The molecule has 0 saturated carbocycles. The van der Waals surface area contributed by atoms with Crippen molar-refractivity contribution in [2.45, 2.75) is 4.90 Å². The highest BCUT2D eigenvalue weighted by Crippen LogP contribution is 2.24. The van der Waals surface area contributed by atoms with E-state index in [1.165, 1.54) is 26.2 Å². The Morgan fingerprint density at radius 3 is 2.60 bits per heavy atom. The first kappa shape index (κ1) is 17.5. The molecule has 1 amide bonds. The molecule has 25 heavy (non-hydrogen) atoms. The van der Waals surface area contributed by atoms with Gasteiger partial charge < -0.3 is 9.73 Å². The van der Waals surface area contributed by atoms with Crippen LogP contribution in [0.2, 0.25) is 5.02 Å². The van der Waals surface area contributed by atoms with Gasteiger partial charge in [-0.1, -0.05) is 17.7 Å². The summed E-state index contributed by atoms with van der Waals surface area (Å²) in [5.41, 5.74) is 0.893. The number of fused-ring (bicyclic) bond motifs is 1. The van der Waals surface area contributed by atoms with Crippen molar-refractivity contribution in [3.8, 4) is 0 Å². The van der Waals surface area contributed by atoms with Crippen molar-refractivity contribution in [1.29, 1.82) is 0 Å². The number of carbonyl (C=O) groups excluding carboxylic acids is 1. The molecule has 8 heteroatoms. The van der Waals surface area contributed by atoms with Gasteiger partial charge >= 0.3 is 0 Å². The first-order chi connectivity index (χ1) is 11.8. The van der Waals surface area contributed by atoms with Gasteiger partial charge in [0.05, 0.1) is 4.90 Å². The third kappa shape index (κ3) is 3.53. The molecular formula is C17H15ClN2O4S. The van der Waals surface area contributed by atoms with Gasteiger partial charge in [0.1, 0.15) is 5.58 Å². The van der Waals surface area contributed by atoms with Gasteiger partial charge in [-0.3, -0.25) is 4.79 Å². The molecule has 0 aliphatic heterocycles. The predicted molar refractivity (Wildman–Crippen MR) is 96.5 cm³/mol. The van der Waals surface area contributed by atoms with Gasteiger partial charge in [0, 0.05) is 30.2 Å². The first-order valence-electron chi connectivity index (χ1n) is 7.30. The van der Waals surface area contributed by atoms with Gasteiger partial charge in [0.15, 0.2) is 5.76 Å². The van der Waals surface area contributed by atoms with Crippen molar-refractivity contribution < 1.29 is 17.6 Å². The second-order valence-electron chi connectivity index (χ2n) is 5.56. The molecule has 130 valence electrons. The van der Waals surface area contributed by atoms with Crippen LogP contribution in [0.1, 0.15) is 10.6 Å². The molecule has 6 nitrogen and oxygen atoms in total. The van der Waals surface area contributed by atoms with Crippen molar-refractivity contribution in [2.75, 3.05) is 19.4 Å². The molecule has 0 radical (unpaired) electrons. The fraction of sp³-hybridized carbons (Fsp3) is 0.118. The predicted octanol–water partition coefficient (Wildman–Crippen LogP) is 3.59. The molecule has 1 aromatic heterocycles. The number of carbonyl (C=O) groups is 1. The monoisotopic (exact) mass is 378 g/mol. The molecule has 0 aliphatic rings. The maximum Gasteiger partial charge on any atom is 0.291 e. The van der Waals surface area contributed by atoms with Crippen LogP contribution in [0.5, 0.6) is 0 Å². The van der Waals surface area contributed by atoms with Gasteiger partial charge in [-0.05, 0) is 42.5 Å². The number of sulfonamides is 1. The van der Waals surface area contributed by atoms with Crippen molar-refractivity contribution >= 4 is 44.2 Å². The lowest BCUT2D eigenvalue weighted by molar-refractivity contribution is 0.0998. The number of halogens is 1. The number of nitrogens with one attached hydrogen (secondary N) is 1. The average Bonchev–Trinajstić information content (AvgIpc) is 2.98. The molecule has 0 saturated heterocycles. The lowest BCUT2D eigenvalue weighted by atomic mass is 10.2. The van der Waals surface area contributed by atoms with Crippen LogP contribution in [0, 0.1) is 0 Å². The van der Waals surface area contributed by atoms with E-state index in [-0.39, 0.29) is 10.7 Å². The molecule has 0 fully saturated rings. The van der Waals surface area contributed by atoms with Crippen molar-refractivity contribution in [2.24, 2.45) is 0 Å². The standard InChI is InChI=1S/C17H15ClN2O4S/c1-20(2)25(22,23)14-5-3-4-13(10-14)19-17(21)16-9-11-8-12(18)6-7-15(11)24-16/h3-10H,1-2H3,(H,19,21). The highest BCUT2D eigenvalue weighted by Gasteiger charge is 2.18. The molecule has 3 rings (SSSR count). The number of amides is 1. The van der Waals surface area contributed by atoms with Gasteiger partial charge in [-0.15, -0.1) is 0 Å². The van der Waals surface area contributed by atoms with Crippen molar-refractivity contribution in [3.05, 3.63) is 59.3 Å². The van der Waals surface area contributed by atoms with Crippen LogP contribution in [0.15, 0.2) is 57.8 Å². The number of hydrogen-bond acceptors (Lipinski definition) is 4. The molecule has 0 aliphatic carbocycles. The van der Waals surface area contributed by atoms with E-state index in [0.29, 0.717) is 21.7 Å². The van der Waals surface area contributed by atoms with Crippen LogP contribution in [0.3, 0.4) is 0 Å². The van der Waals surface area contributed by atoms with E-state index >= 15 is 0 Å². The number of anilines is 1. The number of nitrogens with zero attached hydrogens (tertiary/aromatic N) is 1. The Hall–Kier alpha value is -2.35. The van der Waals surface area contributed by atoms with Crippen LogP contribution in [-0.2, 0) is 10.0 Å². The summed E-state index contributed by atoms with van der Waals surface area (Å²) in [6, 6.07) is 12.7. The Labute approximate surface area is 150 Å². The normalized spacial score (nSPS) is 11.8. The minimum atomic E-state index is -3.58. The minimum absolute atomic E-state index is 0.0895. The molecule has 0 unspecified atom stereocenters. The summed E-state index contributed by atoms with van der Waals surface area (Å²) < 4.78 is 30.9. The third-order valence-electron chi connectivity index (χ3n) is 3.57. The maximum atomic E-state index is 12.4. The van der Waals surface area contributed by atoms with Gasteiger partial charge in [0.2, 0.25) is 10.0 Å². The Balaban J connectivity index is 1.87. The number of hydrogen-bond donors (Lipinski definition) is 1. The highest BCUT2D eigenvalue weighted by atomic mass is 35.5. The summed E-state index contributed by atoms with van der Waals surface area (Å²) in [5.74, 6) is -0.371. The average molecular weight is 379 g/mol. The summed E-state index contributed by atoms with van der Waals surface area (Å²) in [7, 11) is -0.692. The topological polar surface area (TPSA) is 79.6 Å². The van der Waals surface area contributed by atoms with E-state index < -0.39 is 15.9 Å². The Bertz CT molecular complexity index is 1060. The van der Waals surface area contributed by atoms with E-state index in [9.17, 15) is 13.2 Å². The zero-order valence-corrected chi connectivity index (χ0v) is 15.1. The van der Waals surface area contributed by atoms with E-state index in [1.54, 1.807) is 36.4 Å². The van der Waals surface area contributed by atoms with E-state index in [1.807, 2.05) is 0 Å². The number of rotatable bonds is 4. The summed E-state index contributed by atoms with van der Waals surface area (Å²) in [6.07, 6.45) is 0. The Morgan fingerprint density at radius 1 is 1.12 bits per heavy atom. The SMILES string of the molecule is CN(C)S(=O)(=O)c1cccc(NC(=O)c2cc3cc(Cl)ccc3o2)c1.